The van der Waals surface area contributed by atoms with Gasteiger partial charge in [0.1, 0.15) is 0 Å². The van der Waals surface area contributed by atoms with Gasteiger partial charge < -0.3 is 0 Å². The Morgan fingerprint density at radius 2 is 1.00 bits per heavy atom. The zero-order valence-corrected chi connectivity index (χ0v) is 7.33. The quantitative estimate of drug-likeness (QED) is 0.368. The predicted octanol–water partition coefficient (Wildman–Crippen LogP) is 0.756. The molecule has 30 valence electrons. The molecule has 4 heteroatoms. The largest absolute Gasteiger partial charge is 0.115 e. The second-order valence-corrected chi connectivity index (χ2v) is 0. The van der Waals surface area contributed by atoms with E-state index < -0.39 is 0 Å². The van der Waals surface area contributed by atoms with Crippen molar-refractivity contribution in [2.24, 2.45) is 0 Å². The van der Waals surface area contributed by atoms with E-state index >= 15 is 0 Å². The molecular formula is H2NiS2W. The molecule has 0 saturated carbocycles. The van der Waals surface area contributed by atoms with Crippen molar-refractivity contribution >= 4 is 23.3 Å². The maximum atomic E-state index is 3.22. The second-order valence-electron chi connectivity index (χ2n) is 0. The molecule has 0 fully saturated rings. The average molecular weight is 309 g/mol. The summed E-state index contributed by atoms with van der Waals surface area (Å²) in [5, 5.41) is 0. The molecule has 0 N–H and O–H groups in total. The first-order valence-electron chi connectivity index (χ1n) is 0.200. The van der Waals surface area contributed by atoms with Gasteiger partial charge in [-0.15, -0.1) is 23.3 Å². The Labute approximate surface area is 60.5 Å². The maximum absolute atomic E-state index is 3.22. The molecule has 0 bridgehead atoms. The van der Waals surface area contributed by atoms with Crippen molar-refractivity contribution in [1.82, 2.24) is 0 Å². The third kappa shape index (κ3) is 9.10. The van der Waals surface area contributed by atoms with Gasteiger partial charge in [-0.05, 0) is 0 Å². The molecule has 0 aliphatic heterocycles. The van der Waals surface area contributed by atoms with Crippen molar-refractivity contribution in [3.05, 3.63) is 0 Å². The summed E-state index contributed by atoms with van der Waals surface area (Å²) in [6.07, 6.45) is 0. The van der Waals surface area contributed by atoms with Crippen molar-refractivity contribution in [2.75, 3.05) is 0 Å². The zero-order valence-electron chi connectivity index (χ0n) is 1.62. The fourth-order valence-corrected chi connectivity index (χ4v) is 0. The minimum atomic E-state index is 0. The minimum absolute atomic E-state index is 0. The Morgan fingerprint density at radius 1 is 1.00 bits per heavy atom. The van der Waals surface area contributed by atoms with E-state index in [0.29, 0.717) is 0 Å². The summed E-state index contributed by atoms with van der Waals surface area (Å²) < 4.78 is 0. The van der Waals surface area contributed by atoms with Crippen LogP contribution < -0.4 is 0 Å². The first kappa shape index (κ1) is 16.9. The molecule has 0 aromatic carbocycles. The van der Waals surface area contributed by atoms with E-state index in [0.717, 1.165) is 0 Å². The van der Waals surface area contributed by atoms with E-state index in [1.165, 1.54) is 0 Å². The normalized spacial score (nSPS) is 1.50. The number of thiol groups is 2. The standard InChI is InChI=1S/Ni.H2S2.W/c;1-2;/h;1-2H;. The van der Waals surface area contributed by atoms with Gasteiger partial charge in [0.25, 0.3) is 0 Å². The SMILES string of the molecule is SS.[Ni].[W]. The van der Waals surface area contributed by atoms with E-state index in [2.05, 4.69) is 23.3 Å². The fourth-order valence-electron chi connectivity index (χ4n) is 0. The molecule has 0 aliphatic rings. The van der Waals surface area contributed by atoms with Crippen LogP contribution in [-0.2, 0) is 37.6 Å². The van der Waals surface area contributed by atoms with Crippen molar-refractivity contribution < 1.29 is 37.6 Å². The second kappa shape index (κ2) is 20.8. The molecule has 0 spiro atoms. The fraction of sp³-hybridized carbons (Fsp3) is 0. The molecule has 0 radical (unpaired) electrons. The summed E-state index contributed by atoms with van der Waals surface area (Å²) in [7, 11) is 0. The van der Waals surface area contributed by atoms with Crippen LogP contribution in [0.3, 0.4) is 0 Å². The van der Waals surface area contributed by atoms with Crippen LogP contribution in [-0.4, -0.2) is 0 Å². The molecule has 0 nitrogen and oxygen atoms in total. The Morgan fingerprint density at radius 3 is 1.00 bits per heavy atom. The van der Waals surface area contributed by atoms with E-state index in [1.54, 1.807) is 0 Å². The molecule has 4 heavy (non-hydrogen) atoms. The van der Waals surface area contributed by atoms with Gasteiger partial charge in [0, 0.05) is 37.6 Å². The monoisotopic (exact) mass is 308 g/mol. The van der Waals surface area contributed by atoms with Crippen molar-refractivity contribution in [3.8, 4) is 0 Å². The van der Waals surface area contributed by atoms with Crippen molar-refractivity contribution in [3.63, 3.8) is 0 Å². The molecule has 0 saturated heterocycles. The third-order valence-corrected chi connectivity index (χ3v) is 0. The van der Waals surface area contributed by atoms with Crippen LogP contribution in [0.5, 0.6) is 0 Å². The molecule has 0 atom stereocenters. The zero-order chi connectivity index (χ0) is 2.00. The van der Waals surface area contributed by atoms with Gasteiger partial charge in [-0.3, -0.25) is 0 Å². The molecule has 0 rings (SSSR count). The van der Waals surface area contributed by atoms with Gasteiger partial charge in [0.2, 0.25) is 0 Å². The first-order valence-corrected chi connectivity index (χ1v) is 1.80. The molecule has 0 heterocycles. The smallest absolute Gasteiger partial charge is 0 e. The molecule has 0 unspecified atom stereocenters. The minimum Gasteiger partial charge on any atom is -0.115 e. The van der Waals surface area contributed by atoms with Crippen LogP contribution in [0.15, 0.2) is 0 Å². The average Bonchev–Trinajstić information content (AvgIpc) is 1.00. The van der Waals surface area contributed by atoms with E-state index in [1.807, 2.05) is 0 Å². The van der Waals surface area contributed by atoms with E-state index in [9.17, 15) is 0 Å². The summed E-state index contributed by atoms with van der Waals surface area (Å²) in [5.41, 5.74) is 0. The van der Waals surface area contributed by atoms with Crippen LogP contribution in [0.2, 0.25) is 0 Å². The van der Waals surface area contributed by atoms with Gasteiger partial charge in [-0.1, -0.05) is 0 Å². The number of rotatable bonds is 0. The third-order valence-electron chi connectivity index (χ3n) is 0. The maximum Gasteiger partial charge on any atom is 0 e. The Hall–Kier alpha value is 1.88. The Balaban J connectivity index is -0.00000000500. The molecule has 0 aromatic heterocycles. The van der Waals surface area contributed by atoms with Crippen LogP contribution in [0.25, 0.3) is 0 Å². The van der Waals surface area contributed by atoms with Gasteiger partial charge in [0.05, 0.1) is 0 Å². The predicted molar refractivity (Wildman–Crippen MR) is 18.0 cm³/mol. The van der Waals surface area contributed by atoms with Gasteiger partial charge in [-0.25, -0.2) is 0 Å². The van der Waals surface area contributed by atoms with Crippen LogP contribution in [0, 0.1) is 0 Å². The topological polar surface area (TPSA) is 0 Å². The Bertz CT molecular complexity index is 6.00. The van der Waals surface area contributed by atoms with E-state index in [-0.39, 0.29) is 37.6 Å². The van der Waals surface area contributed by atoms with Crippen LogP contribution >= 0.6 is 23.3 Å². The summed E-state index contributed by atoms with van der Waals surface area (Å²) in [5.74, 6) is 0. The molecular weight excluding hydrogens is 307 g/mol. The Kier molecular flexibility index (Phi) is 87.7. The molecule has 0 aliphatic carbocycles. The van der Waals surface area contributed by atoms with Gasteiger partial charge in [0.15, 0.2) is 0 Å². The van der Waals surface area contributed by atoms with Crippen molar-refractivity contribution in [2.45, 2.75) is 0 Å². The number of hydrogen-bond donors (Lipinski definition) is 2. The summed E-state index contributed by atoms with van der Waals surface area (Å²) >= 11 is 6.44. The molecule has 0 amide bonds. The first-order chi connectivity index (χ1) is 1.00. The number of hydrogen-bond acceptors (Lipinski definition) is 2. The summed E-state index contributed by atoms with van der Waals surface area (Å²) in [6.45, 7) is 0. The van der Waals surface area contributed by atoms with Crippen LogP contribution in [0.1, 0.15) is 0 Å². The summed E-state index contributed by atoms with van der Waals surface area (Å²) in [6, 6.07) is 0. The van der Waals surface area contributed by atoms with Crippen molar-refractivity contribution in [1.29, 1.82) is 0 Å². The molecule has 0 aromatic rings. The van der Waals surface area contributed by atoms with Gasteiger partial charge >= 0.3 is 0 Å². The van der Waals surface area contributed by atoms with Crippen LogP contribution in [0.4, 0.5) is 0 Å². The van der Waals surface area contributed by atoms with Gasteiger partial charge in [-0.2, -0.15) is 0 Å². The summed E-state index contributed by atoms with van der Waals surface area (Å²) in [4.78, 5) is 0. The van der Waals surface area contributed by atoms with E-state index in [4.69, 9.17) is 0 Å².